The van der Waals surface area contributed by atoms with Crippen LogP contribution in [0.3, 0.4) is 0 Å². The van der Waals surface area contributed by atoms with E-state index in [4.69, 9.17) is 0 Å². The number of para-hydroxylation sites is 3. The van der Waals surface area contributed by atoms with Gasteiger partial charge in [0.05, 0.1) is 5.69 Å². The third-order valence-corrected chi connectivity index (χ3v) is 10.4. The topological polar surface area (TPSA) is 6.48 Å². The van der Waals surface area contributed by atoms with Gasteiger partial charge in [-0.2, -0.15) is 0 Å². The molecule has 1 atom stereocenters. The maximum atomic E-state index is 2.53. The van der Waals surface area contributed by atoms with Crippen molar-refractivity contribution in [1.29, 1.82) is 0 Å². The molecule has 1 heterocycles. The summed E-state index contributed by atoms with van der Waals surface area (Å²) in [7, 11) is 0. The van der Waals surface area contributed by atoms with E-state index in [9.17, 15) is 0 Å². The van der Waals surface area contributed by atoms with Gasteiger partial charge in [0, 0.05) is 39.8 Å². The summed E-state index contributed by atoms with van der Waals surface area (Å²) in [6.07, 6.45) is 5.69. The molecule has 1 unspecified atom stereocenters. The third kappa shape index (κ3) is 4.40. The minimum atomic E-state index is -0.160. The van der Waals surface area contributed by atoms with Crippen molar-refractivity contribution in [3.8, 4) is 11.1 Å². The number of anilines is 5. The van der Waals surface area contributed by atoms with Crippen LogP contribution in [0.25, 0.3) is 16.7 Å². The summed E-state index contributed by atoms with van der Waals surface area (Å²) in [6.45, 7) is 4.79. The van der Waals surface area contributed by atoms with Crippen LogP contribution in [0.15, 0.2) is 170 Å². The molecule has 0 spiro atoms. The van der Waals surface area contributed by atoms with Crippen molar-refractivity contribution < 1.29 is 0 Å². The molecular weight excluding hydrogens is 569 g/mol. The molecule has 0 aromatic heterocycles. The first-order chi connectivity index (χ1) is 23.1. The van der Waals surface area contributed by atoms with Gasteiger partial charge in [-0.05, 0) is 112 Å². The van der Waals surface area contributed by atoms with Crippen molar-refractivity contribution in [3.05, 3.63) is 192 Å². The van der Waals surface area contributed by atoms with Crippen molar-refractivity contribution in [2.45, 2.75) is 31.6 Å². The molecule has 47 heavy (non-hydrogen) atoms. The number of hydrogen-bond donors (Lipinski definition) is 0. The molecule has 6 aromatic rings. The van der Waals surface area contributed by atoms with Gasteiger partial charge in [-0.3, -0.25) is 0 Å². The lowest BCUT2D eigenvalue weighted by Crippen LogP contribution is -2.18. The first-order valence-corrected chi connectivity index (χ1v) is 16.6. The maximum absolute atomic E-state index is 2.53. The summed E-state index contributed by atoms with van der Waals surface area (Å²) < 4.78 is 0. The maximum Gasteiger partial charge on any atom is 0.0501 e. The Labute approximate surface area is 277 Å². The zero-order valence-corrected chi connectivity index (χ0v) is 26.8. The average Bonchev–Trinajstić information content (AvgIpc) is 3.56. The van der Waals surface area contributed by atoms with Crippen LogP contribution >= 0.6 is 0 Å². The Bertz CT molecular complexity index is 2140. The van der Waals surface area contributed by atoms with Crippen LogP contribution in [0.2, 0.25) is 0 Å². The summed E-state index contributed by atoms with van der Waals surface area (Å²) in [6, 6.07) is 55.3. The first kappa shape index (κ1) is 27.7. The van der Waals surface area contributed by atoms with Gasteiger partial charge in [-0.25, -0.2) is 0 Å². The molecule has 1 aliphatic heterocycles. The van der Waals surface area contributed by atoms with Crippen molar-refractivity contribution in [1.82, 2.24) is 0 Å². The van der Waals surface area contributed by atoms with Gasteiger partial charge in [0.2, 0.25) is 0 Å². The fourth-order valence-corrected chi connectivity index (χ4v) is 8.05. The molecule has 0 bridgehead atoms. The second-order valence-corrected chi connectivity index (χ2v) is 13.4. The van der Waals surface area contributed by atoms with Crippen LogP contribution in [0, 0.1) is 0 Å². The van der Waals surface area contributed by atoms with Crippen LogP contribution in [0.1, 0.15) is 48.4 Å². The molecule has 0 saturated heterocycles. The molecule has 0 saturated carbocycles. The van der Waals surface area contributed by atoms with Crippen molar-refractivity contribution in [2.75, 3.05) is 9.80 Å². The van der Waals surface area contributed by atoms with E-state index in [1.54, 1.807) is 0 Å². The highest BCUT2D eigenvalue weighted by Crippen LogP contribution is 2.58. The monoisotopic (exact) mass is 604 g/mol. The molecule has 6 aromatic carbocycles. The Kier molecular flexibility index (Phi) is 6.33. The van der Waals surface area contributed by atoms with Crippen molar-refractivity contribution >= 4 is 34.0 Å². The summed E-state index contributed by atoms with van der Waals surface area (Å²) in [5.41, 5.74) is 16.8. The van der Waals surface area contributed by atoms with Gasteiger partial charge >= 0.3 is 0 Å². The highest BCUT2D eigenvalue weighted by molar-refractivity contribution is 5.91. The molecule has 226 valence electrons. The van der Waals surface area contributed by atoms with Crippen molar-refractivity contribution in [3.63, 3.8) is 0 Å². The first-order valence-electron chi connectivity index (χ1n) is 16.6. The summed E-state index contributed by atoms with van der Waals surface area (Å²) >= 11 is 0. The lowest BCUT2D eigenvalue weighted by atomic mass is 9.80. The van der Waals surface area contributed by atoms with Gasteiger partial charge in [0.1, 0.15) is 0 Å². The molecule has 3 aliphatic rings. The van der Waals surface area contributed by atoms with E-state index in [1.807, 2.05) is 0 Å². The van der Waals surface area contributed by atoms with Crippen LogP contribution < -0.4 is 9.80 Å². The zero-order chi connectivity index (χ0) is 31.5. The standard InChI is InChI=1S/C45H36N2/c1-45(2)41-28-36(46(33-17-9-4-10-18-33)34-19-11-5-12-20-34)24-25-37(41)38-29-40-39-27-32(31-15-7-3-8-16-31)23-26-43(39)47(44(40)30-42(38)45)35-21-13-6-14-22-35/h3-26,28-30,39H,27H2,1-2H3. The lowest BCUT2D eigenvalue weighted by Gasteiger charge is -2.28. The number of benzene rings is 6. The van der Waals surface area contributed by atoms with Crippen LogP contribution in [-0.4, -0.2) is 0 Å². The second kappa shape index (κ2) is 10.7. The van der Waals surface area contributed by atoms with E-state index in [1.165, 1.54) is 61.7 Å². The van der Waals surface area contributed by atoms with Gasteiger partial charge in [-0.15, -0.1) is 0 Å². The fourth-order valence-electron chi connectivity index (χ4n) is 8.05. The Morgan fingerprint density at radius 1 is 0.574 bits per heavy atom. The summed E-state index contributed by atoms with van der Waals surface area (Å²) in [5, 5.41) is 0. The number of rotatable bonds is 5. The molecule has 0 fully saturated rings. The van der Waals surface area contributed by atoms with E-state index in [0.29, 0.717) is 5.92 Å². The Morgan fingerprint density at radius 2 is 1.17 bits per heavy atom. The normalized spacial score (nSPS) is 16.8. The third-order valence-electron chi connectivity index (χ3n) is 10.4. The molecule has 0 radical (unpaired) electrons. The van der Waals surface area contributed by atoms with E-state index < -0.39 is 0 Å². The SMILES string of the molecule is CC1(C)c2cc(N(c3ccccc3)c3ccccc3)ccc2-c2cc3c(cc21)N(c1ccccc1)C1=CC=C(c2ccccc2)CC13. The predicted molar refractivity (Wildman–Crippen MR) is 197 cm³/mol. The minimum absolute atomic E-state index is 0.160. The number of fused-ring (bicyclic) bond motifs is 6. The largest absolute Gasteiger partial charge is 0.313 e. The van der Waals surface area contributed by atoms with Crippen LogP contribution in [-0.2, 0) is 5.41 Å². The zero-order valence-electron chi connectivity index (χ0n) is 26.8. The average molecular weight is 605 g/mol. The Morgan fingerprint density at radius 3 is 1.83 bits per heavy atom. The molecule has 9 rings (SSSR count). The van der Waals surface area contributed by atoms with E-state index in [2.05, 4.69) is 187 Å². The van der Waals surface area contributed by atoms with E-state index in [-0.39, 0.29) is 5.41 Å². The molecular formula is C45H36N2. The van der Waals surface area contributed by atoms with Crippen molar-refractivity contribution in [2.24, 2.45) is 0 Å². The molecule has 0 N–H and O–H groups in total. The quantitative estimate of drug-likeness (QED) is 0.193. The van der Waals surface area contributed by atoms with Crippen LogP contribution in [0.4, 0.5) is 28.4 Å². The Balaban J connectivity index is 1.19. The summed E-state index contributed by atoms with van der Waals surface area (Å²) in [5.74, 6) is 0.300. The highest BCUT2D eigenvalue weighted by Gasteiger charge is 2.42. The molecule has 2 heteroatoms. The fraction of sp³-hybridized carbons (Fsp3) is 0.111. The second-order valence-electron chi connectivity index (χ2n) is 13.4. The summed E-state index contributed by atoms with van der Waals surface area (Å²) in [4.78, 5) is 4.88. The Hall–Kier alpha value is -5.60. The highest BCUT2D eigenvalue weighted by atomic mass is 15.2. The smallest absolute Gasteiger partial charge is 0.0501 e. The number of allylic oxidation sites excluding steroid dienone is 4. The van der Waals surface area contributed by atoms with Gasteiger partial charge in [-0.1, -0.05) is 111 Å². The van der Waals surface area contributed by atoms with Gasteiger partial charge in [0.25, 0.3) is 0 Å². The van der Waals surface area contributed by atoms with E-state index >= 15 is 0 Å². The molecule has 2 aliphatic carbocycles. The van der Waals surface area contributed by atoms with Gasteiger partial charge < -0.3 is 9.80 Å². The minimum Gasteiger partial charge on any atom is -0.313 e. The van der Waals surface area contributed by atoms with Crippen LogP contribution in [0.5, 0.6) is 0 Å². The molecule has 2 nitrogen and oxygen atoms in total. The predicted octanol–water partition coefficient (Wildman–Crippen LogP) is 12.1. The van der Waals surface area contributed by atoms with E-state index in [0.717, 1.165) is 17.8 Å². The van der Waals surface area contributed by atoms with Gasteiger partial charge in [0.15, 0.2) is 0 Å². The number of hydrogen-bond acceptors (Lipinski definition) is 2. The number of nitrogens with zero attached hydrogens (tertiary/aromatic N) is 2. The lowest BCUT2D eigenvalue weighted by molar-refractivity contribution is 0.660. The molecule has 0 amide bonds.